The second-order valence-electron chi connectivity index (χ2n) is 12.4. The molecule has 4 aliphatic rings. The Morgan fingerprint density at radius 1 is 1.00 bits per heavy atom. The Balaban J connectivity index is 1.16. The van der Waals surface area contributed by atoms with E-state index in [1.165, 1.54) is 0 Å². The molecule has 3 aliphatic heterocycles. The predicted molar refractivity (Wildman–Crippen MR) is 155 cm³/mol. The number of hydrogen-bond donors (Lipinski definition) is 2. The van der Waals surface area contributed by atoms with E-state index in [0.717, 1.165) is 76.0 Å². The second-order valence-corrected chi connectivity index (χ2v) is 12.4. The van der Waals surface area contributed by atoms with Crippen molar-refractivity contribution in [2.75, 3.05) is 51.2 Å². The number of anilines is 1. The first-order valence-corrected chi connectivity index (χ1v) is 14.8. The molecule has 4 fully saturated rings. The van der Waals surface area contributed by atoms with Gasteiger partial charge in [0.2, 0.25) is 17.3 Å². The number of rotatable bonds is 4. The summed E-state index contributed by atoms with van der Waals surface area (Å²) < 4.78 is 1.90. The molecule has 8 rings (SSSR count). The van der Waals surface area contributed by atoms with Crippen LogP contribution in [0.25, 0.3) is 27.7 Å². The fourth-order valence-electron chi connectivity index (χ4n) is 7.11. The third kappa shape index (κ3) is 4.08. The minimum atomic E-state index is -0.365. The molecule has 2 unspecified atom stereocenters. The van der Waals surface area contributed by atoms with Crippen LogP contribution in [0.5, 0.6) is 0 Å². The number of para-hydroxylation sites is 2. The third-order valence-corrected chi connectivity index (χ3v) is 9.59. The van der Waals surface area contributed by atoms with Crippen LogP contribution in [0.15, 0.2) is 35.3 Å². The minimum absolute atomic E-state index is 0.0296. The first kappa shape index (κ1) is 24.8. The first-order valence-electron chi connectivity index (χ1n) is 14.8. The summed E-state index contributed by atoms with van der Waals surface area (Å²) in [6.07, 6.45) is 5.35. The van der Waals surface area contributed by atoms with Crippen LogP contribution in [0.2, 0.25) is 0 Å². The van der Waals surface area contributed by atoms with Gasteiger partial charge in [0.05, 0.1) is 16.4 Å². The van der Waals surface area contributed by atoms with Crippen LogP contribution in [0.1, 0.15) is 36.0 Å². The van der Waals surface area contributed by atoms with Crippen molar-refractivity contribution >= 4 is 45.5 Å². The maximum atomic E-state index is 13.9. The van der Waals surface area contributed by atoms with E-state index in [4.69, 9.17) is 4.98 Å². The molecule has 6 heterocycles. The summed E-state index contributed by atoms with van der Waals surface area (Å²) in [6.45, 7) is 4.99. The average molecular weight is 555 g/mol. The molecule has 2 N–H and O–H groups in total. The van der Waals surface area contributed by atoms with E-state index in [1.807, 2.05) is 28.7 Å². The fraction of sp³-hybridized carbons (Fsp3) is 0.500. The average Bonchev–Trinajstić information content (AvgIpc) is 3.47. The number of fused-ring (bicyclic) bond motifs is 6. The van der Waals surface area contributed by atoms with Gasteiger partial charge >= 0.3 is 0 Å². The van der Waals surface area contributed by atoms with Crippen molar-refractivity contribution in [1.82, 2.24) is 34.5 Å². The lowest BCUT2D eigenvalue weighted by Crippen LogP contribution is -2.44. The molecule has 3 saturated heterocycles. The maximum absolute atomic E-state index is 13.9. The van der Waals surface area contributed by atoms with E-state index in [-0.39, 0.29) is 28.9 Å². The van der Waals surface area contributed by atoms with E-state index < -0.39 is 0 Å². The van der Waals surface area contributed by atoms with Crippen LogP contribution >= 0.6 is 0 Å². The summed E-state index contributed by atoms with van der Waals surface area (Å²) in [4.78, 5) is 59.5. The van der Waals surface area contributed by atoms with Gasteiger partial charge in [0, 0.05) is 56.2 Å². The second kappa shape index (κ2) is 9.27. The lowest BCUT2D eigenvalue weighted by molar-refractivity contribution is -0.131. The number of pyridine rings is 1. The number of aromatic amines is 1. The van der Waals surface area contributed by atoms with Gasteiger partial charge in [-0.1, -0.05) is 12.1 Å². The first-order chi connectivity index (χ1) is 19.9. The number of H-pyrrole nitrogens is 1. The topological polar surface area (TPSA) is 119 Å². The zero-order valence-corrected chi connectivity index (χ0v) is 23.2. The summed E-state index contributed by atoms with van der Waals surface area (Å²) in [5.74, 6) is 1.59. The van der Waals surface area contributed by atoms with Crippen molar-refractivity contribution in [2.24, 2.45) is 17.8 Å². The highest BCUT2D eigenvalue weighted by molar-refractivity contribution is 6.05. The fourth-order valence-corrected chi connectivity index (χ4v) is 7.11. The Labute approximate surface area is 236 Å². The van der Waals surface area contributed by atoms with Gasteiger partial charge in [0.25, 0.3) is 5.91 Å². The number of carbonyl (C=O) groups excluding carboxylic acids is 2. The van der Waals surface area contributed by atoms with Crippen LogP contribution in [-0.4, -0.2) is 93.3 Å². The molecule has 1 saturated carbocycles. The van der Waals surface area contributed by atoms with E-state index in [1.54, 1.807) is 6.20 Å². The van der Waals surface area contributed by atoms with E-state index >= 15 is 0 Å². The van der Waals surface area contributed by atoms with Gasteiger partial charge < -0.3 is 25.0 Å². The van der Waals surface area contributed by atoms with Gasteiger partial charge in [-0.25, -0.2) is 4.98 Å². The van der Waals surface area contributed by atoms with Crippen LogP contribution < -0.4 is 15.6 Å². The van der Waals surface area contributed by atoms with E-state index in [9.17, 15) is 14.4 Å². The SMILES string of the molecule is CN1CCC(NC(=O)c2c(=O)c3cnc(N4CC5CN(C(=O)C6CC6)CC5C4)nc3n3c2[nH]c2ccccc23)CC1. The summed E-state index contributed by atoms with van der Waals surface area (Å²) >= 11 is 0. The van der Waals surface area contributed by atoms with Crippen molar-refractivity contribution in [1.29, 1.82) is 0 Å². The number of amides is 2. The Bertz CT molecular complexity index is 1750. The summed E-state index contributed by atoms with van der Waals surface area (Å²) in [5.41, 5.74) is 2.34. The molecule has 2 amide bonds. The molecule has 3 aromatic heterocycles. The van der Waals surface area contributed by atoms with Crippen molar-refractivity contribution in [3.8, 4) is 0 Å². The van der Waals surface area contributed by atoms with Gasteiger partial charge in [-0.05, 0) is 58.0 Å². The molecular weight excluding hydrogens is 520 g/mol. The largest absolute Gasteiger partial charge is 0.349 e. The highest BCUT2D eigenvalue weighted by Crippen LogP contribution is 2.37. The van der Waals surface area contributed by atoms with Crippen LogP contribution in [0.4, 0.5) is 5.95 Å². The third-order valence-electron chi connectivity index (χ3n) is 9.59. The molecule has 11 heteroatoms. The molecule has 0 spiro atoms. The minimum Gasteiger partial charge on any atom is -0.349 e. The Morgan fingerprint density at radius 2 is 1.73 bits per heavy atom. The van der Waals surface area contributed by atoms with Crippen molar-refractivity contribution in [3.05, 3.63) is 46.2 Å². The summed E-state index contributed by atoms with van der Waals surface area (Å²) in [7, 11) is 2.08. The van der Waals surface area contributed by atoms with Crippen LogP contribution in [0, 0.1) is 17.8 Å². The standard InChI is InChI=1S/C30H34N8O3/c1-35-10-8-20(9-11-35)32-28(40)24-25(39)21-12-31-30(34-26(21)38-23-5-3-2-4-22(23)33-27(24)38)37-15-18-13-36(14-19(18)16-37)29(41)17-6-7-17/h2-5,12,17-20,33H,6-11,13-16H2,1H3,(H,32,40). The molecule has 0 radical (unpaired) electrons. The number of imidazole rings is 1. The molecule has 212 valence electrons. The molecule has 4 aromatic rings. The molecule has 11 nitrogen and oxygen atoms in total. The van der Waals surface area contributed by atoms with Crippen LogP contribution in [0.3, 0.4) is 0 Å². The molecule has 1 aliphatic carbocycles. The summed E-state index contributed by atoms with van der Waals surface area (Å²) in [6, 6.07) is 7.81. The smallest absolute Gasteiger partial charge is 0.259 e. The lowest BCUT2D eigenvalue weighted by atomic mass is 10.0. The molecule has 1 aromatic carbocycles. The normalized spacial score (nSPS) is 23.6. The number of nitrogens with zero attached hydrogens (tertiary/aromatic N) is 6. The number of aromatic nitrogens is 4. The van der Waals surface area contributed by atoms with E-state index in [0.29, 0.717) is 40.4 Å². The Morgan fingerprint density at radius 3 is 2.46 bits per heavy atom. The van der Waals surface area contributed by atoms with Gasteiger partial charge in [-0.2, -0.15) is 4.98 Å². The zero-order valence-electron chi connectivity index (χ0n) is 23.2. The number of hydrogen-bond acceptors (Lipinski definition) is 7. The summed E-state index contributed by atoms with van der Waals surface area (Å²) in [5, 5.41) is 3.45. The van der Waals surface area contributed by atoms with Crippen molar-refractivity contribution in [3.63, 3.8) is 0 Å². The molecular formula is C30H34N8O3. The number of carbonyl (C=O) groups is 2. The quantitative estimate of drug-likeness (QED) is 0.395. The van der Waals surface area contributed by atoms with Gasteiger partial charge in [0.1, 0.15) is 11.2 Å². The van der Waals surface area contributed by atoms with Gasteiger partial charge in [0.15, 0.2) is 5.65 Å². The molecule has 2 atom stereocenters. The van der Waals surface area contributed by atoms with E-state index in [2.05, 4.69) is 37.0 Å². The molecule has 0 bridgehead atoms. The Kier molecular flexibility index (Phi) is 5.60. The van der Waals surface area contributed by atoms with Crippen LogP contribution in [-0.2, 0) is 4.79 Å². The number of nitrogens with one attached hydrogen (secondary N) is 2. The number of likely N-dealkylation sites (tertiary alicyclic amines) is 2. The molecule has 41 heavy (non-hydrogen) atoms. The Hall–Kier alpha value is -3.99. The van der Waals surface area contributed by atoms with Gasteiger partial charge in [-0.15, -0.1) is 0 Å². The zero-order chi connectivity index (χ0) is 27.8. The highest BCUT2D eigenvalue weighted by Gasteiger charge is 2.45. The highest BCUT2D eigenvalue weighted by atomic mass is 16.2. The monoisotopic (exact) mass is 554 g/mol. The van der Waals surface area contributed by atoms with Crippen molar-refractivity contribution < 1.29 is 9.59 Å². The number of benzene rings is 1. The van der Waals surface area contributed by atoms with Crippen molar-refractivity contribution in [2.45, 2.75) is 31.7 Å². The maximum Gasteiger partial charge on any atom is 0.259 e. The lowest BCUT2D eigenvalue weighted by Gasteiger charge is -2.29. The van der Waals surface area contributed by atoms with Gasteiger partial charge in [-0.3, -0.25) is 18.8 Å². The number of piperidine rings is 1. The predicted octanol–water partition coefficient (Wildman–Crippen LogP) is 1.85.